The quantitative estimate of drug-likeness (QED) is 0.692. The highest BCUT2D eigenvalue weighted by atomic mass is 16.7. The van der Waals surface area contributed by atoms with E-state index in [-0.39, 0.29) is 5.60 Å². The Kier molecular flexibility index (Phi) is 4.00. The van der Waals surface area contributed by atoms with E-state index in [1.807, 2.05) is 0 Å². The molecule has 0 aliphatic carbocycles. The second-order valence-electron chi connectivity index (χ2n) is 5.18. The minimum atomic E-state index is -0.0473. The summed E-state index contributed by atoms with van der Waals surface area (Å²) in [5.41, 5.74) is 1.39. The minimum absolute atomic E-state index is 0.0473. The second-order valence-corrected chi connectivity index (χ2v) is 5.18. The molecule has 1 saturated heterocycles. The van der Waals surface area contributed by atoms with Crippen LogP contribution in [0.2, 0.25) is 0 Å². The molecular weight excluding hydrogens is 204 g/mol. The molecule has 1 unspecified atom stereocenters. The molecule has 0 aromatic rings. The smallest absolute Gasteiger partial charge is 0.147 e. The molecule has 0 saturated carbocycles. The number of ether oxygens (including phenoxy) is 3. The van der Waals surface area contributed by atoms with Gasteiger partial charge in [0.15, 0.2) is 0 Å². The molecule has 2 heterocycles. The molecular formula is C13H22O3. The van der Waals surface area contributed by atoms with E-state index in [1.54, 1.807) is 0 Å². The largest absolute Gasteiger partial charge is 0.377 e. The summed E-state index contributed by atoms with van der Waals surface area (Å²) in [4.78, 5) is 0. The predicted octanol–water partition coefficient (Wildman–Crippen LogP) is 2.51. The molecule has 2 aliphatic rings. The molecule has 2 rings (SSSR count). The van der Waals surface area contributed by atoms with Gasteiger partial charge in [-0.05, 0) is 38.7 Å². The van der Waals surface area contributed by atoms with E-state index in [2.05, 4.69) is 19.9 Å². The van der Waals surface area contributed by atoms with Gasteiger partial charge in [-0.15, -0.1) is 0 Å². The lowest BCUT2D eigenvalue weighted by Crippen LogP contribution is -2.42. The fourth-order valence-corrected chi connectivity index (χ4v) is 2.28. The molecule has 1 atom stereocenters. The van der Waals surface area contributed by atoms with Crippen molar-refractivity contribution in [2.75, 3.05) is 26.6 Å². The maximum atomic E-state index is 5.64. The van der Waals surface area contributed by atoms with Gasteiger partial charge in [0, 0.05) is 5.92 Å². The molecule has 92 valence electrons. The van der Waals surface area contributed by atoms with E-state index < -0.39 is 0 Å². The van der Waals surface area contributed by atoms with E-state index in [4.69, 9.17) is 14.2 Å². The van der Waals surface area contributed by atoms with Crippen molar-refractivity contribution in [3.63, 3.8) is 0 Å². The standard InChI is InChI=1S/C13H22O3/c1-13(2)12(9-15-10-16-13)6-5-11-4-3-7-14-8-11/h4,12H,3,5-10H2,1-2H3. The molecule has 2 aliphatic heterocycles. The highest BCUT2D eigenvalue weighted by Crippen LogP contribution is 2.30. The van der Waals surface area contributed by atoms with Gasteiger partial charge >= 0.3 is 0 Å². The lowest BCUT2D eigenvalue weighted by molar-refractivity contribution is -0.212. The van der Waals surface area contributed by atoms with E-state index >= 15 is 0 Å². The van der Waals surface area contributed by atoms with Crippen molar-refractivity contribution in [3.05, 3.63) is 11.6 Å². The molecule has 0 aromatic carbocycles. The summed E-state index contributed by atoms with van der Waals surface area (Å²) >= 11 is 0. The molecule has 0 N–H and O–H groups in total. The van der Waals surface area contributed by atoms with Crippen molar-refractivity contribution >= 4 is 0 Å². The molecule has 0 radical (unpaired) electrons. The highest BCUT2D eigenvalue weighted by molar-refractivity contribution is 5.05. The normalized spacial score (nSPS) is 29.9. The van der Waals surface area contributed by atoms with Crippen LogP contribution < -0.4 is 0 Å². The Morgan fingerprint density at radius 1 is 1.38 bits per heavy atom. The van der Waals surface area contributed by atoms with E-state index in [9.17, 15) is 0 Å². The molecule has 3 heteroatoms. The van der Waals surface area contributed by atoms with Crippen LogP contribution >= 0.6 is 0 Å². The first kappa shape index (κ1) is 12.1. The van der Waals surface area contributed by atoms with Gasteiger partial charge in [0.25, 0.3) is 0 Å². The van der Waals surface area contributed by atoms with Crippen LogP contribution in [0.5, 0.6) is 0 Å². The monoisotopic (exact) mass is 226 g/mol. The summed E-state index contributed by atoms with van der Waals surface area (Å²) in [5.74, 6) is 0.490. The van der Waals surface area contributed by atoms with Gasteiger partial charge in [-0.1, -0.05) is 6.08 Å². The summed E-state index contributed by atoms with van der Waals surface area (Å²) < 4.78 is 16.5. The van der Waals surface area contributed by atoms with Crippen molar-refractivity contribution in [1.82, 2.24) is 0 Å². The average Bonchev–Trinajstić information content (AvgIpc) is 2.28. The van der Waals surface area contributed by atoms with Crippen molar-refractivity contribution in [2.24, 2.45) is 5.92 Å². The zero-order valence-electron chi connectivity index (χ0n) is 10.3. The molecule has 0 amide bonds. The Morgan fingerprint density at radius 2 is 2.25 bits per heavy atom. The Balaban J connectivity index is 1.82. The molecule has 16 heavy (non-hydrogen) atoms. The fourth-order valence-electron chi connectivity index (χ4n) is 2.28. The van der Waals surface area contributed by atoms with Crippen LogP contribution in [0.3, 0.4) is 0 Å². The first-order valence-corrected chi connectivity index (χ1v) is 6.16. The third-order valence-electron chi connectivity index (χ3n) is 3.61. The van der Waals surface area contributed by atoms with Gasteiger partial charge in [-0.25, -0.2) is 0 Å². The van der Waals surface area contributed by atoms with Gasteiger partial charge < -0.3 is 14.2 Å². The maximum Gasteiger partial charge on any atom is 0.147 e. The van der Waals surface area contributed by atoms with Gasteiger partial charge in [-0.3, -0.25) is 0 Å². The summed E-state index contributed by atoms with van der Waals surface area (Å²) in [6.45, 7) is 7.27. The Hall–Kier alpha value is -0.380. The fraction of sp³-hybridized carbons (Fsp3) is 0.846. The van der Waals surface area contributed by atoms with Crippen LogP contribution in [-0.2, 0) is 14.2 Å². The zero-order chi connectivity index (χ0) is 11.4. The number of hydrogen-bond acceptors (Lipinski definition) is 3. The second kappa shape index (κ2) is 5.30. The summed E-state index contributed by atoms with van der Waals surface area (Å²) in [6, 6.07) is 0. The van der Waals surface area contributed by atoms with Gasteiger partial charge in [0.05, 0.1) is 25.4 Å². The third kappa shape index (κ3) is 3.06. The first-order valence-electron chi connectivity index (χ1n) is 6.16. The minimum Gasteiger partial charge on any atom is -0.377 e. The van der Waals surface area contributed by atoms with Crippen LogP contribution in [0, 0.1) is 5.92 Å². The van der Waals surface area contributed by atoms with Crippen molar-refractivity contribution in [1.29, 1.82) is 0 Å². The summed E-state index contributed by atoms with van der Waals surface area (Å²) in [7, 11) is 0. The SMILES string of the molecule is CC1(C)OCOCC1CCC1=CCCOC1. The third-order valence-corrected chi connectivity index (χ3v) is 3.61. The maximum absolute atomic E-state index is 5.64. The number of hydrogen-bond donors (Lipinski definition) is 0. The zero-order valence-corrected chi connectivity index (χ0v) is 10.3. The van der Waals surface area contributed by atoms with Crippen LogP contribution in [0.1, 0.15) is 33.1 Å². The van der Waals surface area contributed by atoms with E-state index in [0.29, 0.717) is 12.7 Å². The lowest BCUT2D eigenvalue weighted by Gasteiger charge is -2.38. The van der Waals surface area contributed by atoms with Crippen LogP contribution in [0.15, 0.2) is 11.6 Å². The average molecular weight is 226 g/mol. The first-order chi connectivity index (χ1) is 7.68. The van der Waals surface area contributed by atoms with Gasteiger partial charge in [-0.2, -0.15) is 0 Å². The number of rotatable bonds is 3. The van der Waals surface area contributed by atoms with Crippen molar-refractivity contribution < 1.29 is 14.2 Å². The van der Waals surface area contributed by atoms with Crippen molar-refractivity contribution in [3.8, 4) is 0 Å². The Morgan fingerprint density at radius 3 is 2.94 bits per heavy atom. The van der Waals surface area contributed by atoms with Crippen molar-refractivity contribution in [2.45, 2.75) is 38.7 Å². The van der Waals surface area contributed by atoms with Crippen LogP contribution in [0.4, 0.5) is 0 Å². The molecule has 0 spiro atoms. The Bertz CT molecular complexity index is 258. The van der Waals surface area contributed by atoms with Crippen LogP contribution in [0.25, 0.3) is 0 Å². The van der Waals surface area contributed by atoms with E-state index in [0.717, 1.165) is 39.1 Å². The molecule has 0 bridgehead atoms. The van der Waals surface area contributed by atoms with Gasteiger partial charge in [0.1, 0.15) is 6.79 Å². The predicted molar refractivity (Wildman–Crippen MR) is 62.2 cm³/mol. The topological polar surface area (TPSA) is 27.7 Å². The van der Waals surface area contributed by atoms with E-state index in [1.165, 1.54) is 5.57 Å². The molecule has 1 fully saturated rings. The summed E-state index contributed by atoms with van der Waals surface area (Å²) in [5, 5.41) is 0. The highest BCUT2D eigenvalue weighted by Gasteiger charge is 2.33. The Labute approximate surface area is 97.8 Å². The summed E-state index contributed by atoms with van der Waals surface area (Å²) in [6.07, 6.45) is 5.63. The molecule has 0 aromatic heterocycles. The molecule has 3 nitrogen and oxygen atoms in total. The lowest BCUT2D eigenvalue weighted by atomic mass is 9.85. The van der Waals surface area contributed by atoms with Gasteiger partial charge in [0.2, 0.25) is 0 Å². The van der Waals surface area contributed by atoms with Crippen LogP contribution in [-0.4, -0.2) is 32.2 Å².